The lowest BCUT2D eigenvalue weighted by atomic mass is 9.88. The van der Waals surface area contributed by atoms with Gasteiger partial charge in [0.1, 0.15) is 11.9 Å². The fraction of sp³-hybridized carbons (Fsp3) is 0.429. The minimum absolute atomic E-state index is 0.369. The first kappa shape index (κ1) is 9.02. The molecule has 1 unspecified atom stereocenters. The molecule has 1 heterocycles. The first-order chi connectivity index (χ1) is 7.34. The topological polar surface area (TPSA) is 9.23 Å². The summed E-state index contributed by atoms with van der Waals surface area (Å²) in [6, 6.07) is 6.32. The Bertz CT molecular complexity index is 417. The molecule has 78 valence electrons. The lowest BCUT2D eigenvalue weighted by Crippen LogP contribution is -2.25. The van der Waals surface area contributed by atoms with Crippen LogP contribution in [0.1, 0.15) is 36.8 Å². The number of benzene rings is 1. The molecule has 1 aliphatic heterocycles. The summed E-state index contributed by atoms with van der Waals surface area (Å²) in [6.45, 7) is 2.16. The molecule has 0 bridgehead atoms. The molecule has 0 spiro atoms. The molecule has 0 amide bonds. The Morgan fingerprint density at radius 3 is 3.13 bits per heavy atom. The third-order valence-corrected chi connectivity index (χ3v) is 3.48. The summed E-state index contributed by atoms with van der Waals surface area (Å²) in [5, 5.41) is 0. The molecule has 15 heavy (non-hydrogen) atoms. The summed E-state index contributed by atoms with van der Waals surface area (Å²) >= 11 is 0. The van der Waals surface area contributed by atoms with E-state index in [1.807, 2.05) is 0 Å². The van der Waals surface area contributed by atoms with Crippen molar-refractivity contribution in [3.63, 3.8) is 0 Å². The average molecular weight is 200 g/mol. The molecule has 0 aromatic heterocycles. The van der Waals surface area contributed by atoms with Gasteiger partial charge in [0.15, 0.2) is 0 Å². The maximum absolute atomic E-state index is 6.05. The average Bonchev–Trinajstić information content (AvgIpc) is 2.27. The van der Waals surface area contributed by atoms with E-state index in [9.17, 15) is 0 Å². The van der Waals surface area contributed by atoms with Crippen LogP contribution in [0.4, 0.5) is 0 Å². The van der Waals surface area contributed by atoms with E-state index in [2.05, 4.69) is 31.2 Å². The van der Waals surface area contributed by atoms with Crippen LogP contribution in [-0.2, 0) is 0 Å². The number of fused-ring (bicyclic) bond motifs is 2. The van der Waals surface area contributed by atoms with Crippen LogP contribution in [0.25, 0.3) is 6.08 Å². The third-order valence-electron chi connectivity index (χ3n) is 3.48. The highest BCUT2D eigenvalue weighted by molar-refractivity contribution is 5.66. The first-order valence-corrected chi connectivity index (χ1v) is 5.81. The van der Waals surface area contributed by atoms with Crippen molar-refractivity contribution in [3.8, 4) is 5.75 Å². The Labute approximate surface area is 90.8 Å². The second-order valence-corrected chi connectivity index (χ2v) is 4.56. The van der Waals surface area contributed by atoms with Crippen molar-refractivity contribution in [2.75, 3.05) is 0 Å². The largest absolute Gasteiger partial charge is 0.485 e. The van der Waals surface area contributed by atoms with Gasteiger partial charge in [-0.25, -0.2) is 0 Å². The standard InChI is InChI=1S/C14H16O/c1-10-5-4-8-14-12(10)9-11-6-2-3-7-13(11)15-14/h4-5,8-9,13H,2-3,6-7H2,1H3. The molecule has 1 atom stereocenters. The van der Waals surface area contributed by atoms with Gasteiger partial charge in [0.05, 0.1) is 0 Å². The molecule has 1 aromatic rings. The van der Waals surface area contributed by atoms with Gasteiger partial charge >= 0.3 is 0 Å². The van der Waals surface area contributed by atoms with Gasteiger partial charge in [-0.3, -0.25) is 0 Å². The van der Waals surface area contributed by atoms with E-state index in [-0.39, 0.29) is 0 Å². The fourth-order valence-electron chi connectivity index (χ4n) is 2.59. The van der Waals surface area contributed by atoms with E-state index in [1.165, 1.54) is 42.4 Å². The van der Waals surface area contributed by atoms with E-state index < -0.39 is 0 Å². The van der Waals surface area contributed by atoms with E-state index in [0.717, 1.165) is 5.75 Å². The Morgan fingerprint density at radius 1 is 1.27 bits per heavy atom. The molecule has 1 heteroatoms. The summed E-state index contributed by atoms with van der Waals surface area (Å²) in [6.07, 6.45) is 7.78. The van der Waals surface area contributed by atoms with Gasteiger partial charge in [-0.1, -0.05) is 12.1 Å². The highest BCUT2D eigenvalue weighted by atomic mass is 16.5. The number of ether oxygens (including phenoxy) is 1. The molecule has 0 N–H and O–H groups in total. The molecule has 1 aromatic carbocycles. The second kappa shape index (κ2) is 3.41. The van der Waals surface area contributed by atoms with E-state index in [0.29, 0.717) is 6.10 Å². The Kier molecular flexibility index (Phi) is 2.05. The summed E-state index contributed by atoms with van der Waals surface area (Å²) in [7, 11) is 0. The SMILES string of the molecule is Cc1cccc2c1C=C1CCCCC1O2. The van der Waals surface area contributed by atoms with Crippen molar-refractivity contribution in [3.05, 3.63) is 34.9 Å². The van der Waals surface area contributed by atoms with Gasteiger partial charge < -0.3 is 4.74 Å². The fourth-order valence-corrected chi connectivity index (χ4v) is 2.59. The highest BCUT2D eigenvalue weighted by Crippen LogP contribution is 2.37. The zero-order chi connectivity index (χ0) is 10.3. The number of hydrogen-bond acceptors (Lipinski definition) is 1. The summed E-state index contributed by atoms with van der Waals surface area (Å²) < 4.78 is 6.05. The predicted octanol–water partition coefficient (Wildman–Crippen LogP) is 3.71. The molecule has 0 saturated heterocycles. The van der Waals surface area contributed by atoms with Gasteiger partial charge in [0.25, 0.3) is 0 Å². The van der Waals surface area contributed by atoms with Crippen LogP contribution >= 0.6 is 0 Å². The van der Waals surface area contributed by atoms with Crippen molar-refractivity contribution in [1.29, 1.82) is 0 Å². The molecule has 1 nitrogen and oxygen atoms in total. The molecule has 0 radical (unpaired) electrons. The van der Waals surface area contributed by atoms with Crippen molar-refractivity contribution in [2.45, 2.75) is 38.7 Å². The molecule has 3 rings (SSSR count). The van der Waals surface area contributed by atoms with Crippen LogP contribution in [0, 0.1) is 6.92 Å². The summed E-state index contributed by atoms with van der Waals surface area (Å²) in [5.41, 5.74) is 4.12. The number of rotatable bonds is 0. The smallest absolute Gasteiger partial charge is 0.127 e. The minimum atomic E-state index is 0.369. The summed E-state index contributed by atoms with van der Waals surface area (Å²) in [4.78, 5) is 0. The number of hydrogen-bond donors (Lipinski definition) is 0. The maximum atomic E-state index is 6.05. The van der Waals surface area contributed by atoms with Crippen LogP contribution in [0.3, 0.4) is 0 Å². The lowest BCUT2D eigenvalue weighted by molar-refractivity contribution is 0.200. The molecule has 1 saturated carbocycles. The minimum Gasteiger partial charge on any atom is -0.485 e. The van der Waals surface area contributed by atoms with Gasteiger partial charge in [0.2, 0.25) is 0 Å². The van der Waals surface area contributed by atoms with E-state index >= 15 is 0 Å². The van der Waals surface area contributed by atoms with Crippen LogP contribution in [0.5, 0.6) is 5.75 Å². The first-order valence-electron chi connectivity index (χ1n) is 5.81. The third kappa shape index (κ3) is 1.46. The van der Waals surface area contributed by atoms with Gasteiger partial charge in [-0.2, -0.15) is 0 Å². The molecular formula is C14H16O. The maximum Gasteiger partial charge on any atom is 0.127 e. The Balaban J connectivity index is 2.07. The van der Waals surface area contributed by atoms with Crippen molar-refractivity contribution in [2.24, 2.45) is 0 Å². The van der Waals surface area contributed by atoms with Gasteiger partial charge in [-0.15, -0.1) is 0 Å². The van der Waals surface area contributed by atoms with Crippen LogP contribution in [0.2, 0.25) is 0 Å². The summed E-state index contributed by atoms with van der Waals surface area (Å²) in [5.74, 6) is 1.07. The monoisotopic (exact) mass is 200 g/mol. The number of aryl methyl sites for hydroxylation is 1. The predicted molar refractivity (Wildman–Crippen MR) is 62.0 cm³/mol. The molecular weight excluding hydrogens is 184 g/mol. The zero-order valence-electron chi connectivity index (χ0n) is 9.12. The van der Waals surface area contributed by atoms with Crippen LogP contribution < -0.4 is 4.74 Å². The van der Waals surface area contributed by atoms with E-state index in [1.54, 1.807) is 0 Å². The zero-order valence-corrected chi connectivity index (χ0v) is 9.12. The molecule has 1 fully saturated rings. The normalized spacial score (nSPS) is 23.5. The molecule has 1 aliphatic carbocycles. The van der Waals surface area contributed by atoms with Gasteiger partial charge in [0, 0.05) is 5.56 Å². The van der Waals surface area contributed by atoms with Gasteiger partial charge in [-0.05, 0) is 55.9 Å². The Morgan fingerprint density at radius 2 is 2.20 bits per heavy atom. The highest BCUT2D eigenvalue weighted by Gasteiger charge is 2.25. The van der Waals surface area contributed by atoms with Crippen molar-refractivity contribution in [1.82, 2.24) is 0 Å². The lowest BCUT2D eigenvalue weighted by Gasteiger charge is -2.31. The van der Waals surface area contributed by atoms with Crippen LogP contribution in [0.15, 0.2) is 23.8 Å². The van der Waals surface area contributed by atoms with Crippen LogP contribution in [-0.4, -0.2) is 6.10 Å². The van der Waals surface area contributed by atoms with Crippen molar-refractivity contribution >= 4 is 6.08 Å². The Hall–Kier alpha value is -1.24. The second-order valence-electron chi connectivity index (χ2n) is 4.56. The quantitative estimate of drug-likeness (QED) is 0.620. The van der Waals surface area contributed by atoms with E-state index in [4.69, 9.17) is 4.74 Å². The molecule has 2 aliphatic rings. The van der Waals surface area contributed by atoms with Crippen molar-refractivity contribution < 1.29 is 4.74 Å².